The lowest BCUT2D eigenvalue weighted by molar-refractivity contribution is -0.135. The molecule has 0 aliphatic carbocycles. The third-order valence-electron chi connectivity index (χ3n) is 3.39. The van der Waals surface area contributed by atoms with Crippen molar-refractivity contribution in [2.45, 2.75) is 20.0 Å². The van der Waals surface area contributed by atoms with Gasteiger partial charge in [-0.1, -0.05) is 18.2 Å². The van der Waals surface area contributed by atoms with Gasteiger partial charge < -0.3 is 20.7 Å². The van der Waals surface area contributed by atoms with E-state index in [0.717, 1.165) is 23.4 Å². The number of ether oxygens (including phenoxy) is 1. The Kier molecular flexibility index (Phi) is 5.30. The van der Waals surface area contributed by atoms with Gasteiger partial charge in [0.2, 0.25) is 5.91 Å². The molecule has 0 radical (unpaired) electrons. The van der Waals surface area contributed by atoms with Crippen LogP contribution in [0.2, 0.25) is 0 Å². The molecule has 114 valence electrons. The van der Waals surface area contributed by atoms with Crippen LogP contribution in [-0.4, -0.2) is 44.2 Å². The number of anilines is 1. The molecule has 1 saturated heterocycles. The van der Waals surface area contributed by atoms with Crippen LogP contribution in [0.5, 0.6) is 0 Å². The Hall–Kier alpha value is -1.92. The fourth-order valence-corrected chi connectivity index (χ4v) is 2.21. The largest absolute Gasteiger partial charge is 0.366 e. The van der Waals surface area contributed by atoms with E-state index < -0.39 is 6.10 Å². The number of carbonyl (C=O) groups is 2. The normalized spacial score (nSPS) is 18.1. The van der Waals surface area contributed by atoms with Crippen LogP contribution in [0, 0.1) is 13.8 Å². The lowest BCUT2D eigenvalue weighted by atomic mass is 10.1. The van der Waals surface area contributed by atoms with Gasteiger partial charge >= 0.3 is 0 Å². The molecule has 21 heavy (non-hydrogen) atoms. The highest BCUT2D eigenvalue weighted by Gasteiger charge is 2.21. The van der Waals surface area contributed by atoms with Gasteiger partial charge in [0.15, 0.2) is 0 Å². The van der Waals surface area contributed by atoms with Crippen molar-refractivity contribution in [1.82, 2.24) is 10.6 Å². The molecule has 3 N–H and O–H groups in total. The summed E-state index contributed by atoms with van der Waals surface area (Å²) in [5, 5.41) is 8.49. The van der Waals surface area contributed by atoms with Crippen molar-refractivity contribution in [3.05, 3.63) is 29.3 Å². The zero-order chi connectivity index (χ0) is 15.2. The van der Waals surface area contributed by atoms with Crippen molar-refractivity contribution in [3.63, 3.8) is 0 Å². The average molecular weight is 291 g/mol. The van der Waals surface area contributed by atoms with E-state index in [9.17, 15) is 9.59 Å². The van der Waals surface area contributed by atoms with E-state index in [1.54, 1.807) is 0 Å². The first kappa shape index (κ1) is 15.5. The predicted molar refractivity (Wildman–Crippen MR) is 80.2 cm³/mol. The summed E-state index contributed by atoms with van der Waals surface area (Å²) in [4.78, 5) is 23.8. The molecule has 1 aromatic rings. The van der Waals surface area contributed by atoms with Gasteiger partial charge in [0.25, 0.3) is 5.91 Å². The molecule has 1 fully saturated rings. The van der Waals surface area contributed by atoms with Crippen molar-refractivity contribution in [2.75, 3.05) is 31.6 Å². The van der Waals surface area contributed by atoms with Gasteiger partial charge in [0.1, 0.15) is 6.10 Å². The van der Waals surface area contributed by atoms with E-state index in [1.807, 2.05) is 32.0 Å². The SMILES string of the molecule is Cc1cccc(C)c1NC(=O)CNC(=O)C1CNCCO1. The van der Waals surface area contributed by atoms with Crippen molar-refractivity contribution in [1.29, 1.82) is 0 Å². The number of para-hydroxylation sites is 1. The number of carbonyl (C=O) groups excluding carboxylic acids is 2. The van der Waals surface area contributed by atoms with E-state index >= 15 is 0 Å². The van der Waals surface area contributed by atoms with Crippen LogP contribution in [0.25, 0.3) is 0 Å². The van der Waals surface area contributed by atoms with Crippen LogP contribution in [0.15, 0.2) is 18.2 Å². The Morgan fingerprint density at radius 3 is 2.67 bits per heavy atom. The minimum Gasteiger partial charge on any atom is -0.366 e. The molecule has 0 bridgehead atoms. The van der Waals surface area contributed by atoms with Crippen molar-refractivity contribution >= 4 is 17.5 Å². The summed E-state index contributed by atoms with van der Waals surface area (Å²) in [5.41, 5.74) is 2.79. The predicted octanol–water partition coefficient (Wildman–Crippen LogP) is 0.347. The molecule has 1 aliphatic heterocycles. The number of benzene rings is 1. The highest BCUT2D eigenvalue weighted by molar-refractivity contribution is 5.96. The minimum absolute atomic E-state index is 0.0630. The van der Waals surface area contributed by atoms with Crippen LogP contribution >= 0.6 is 0 Å². The van der Waals surface area contributed by atoms with E-state index in [-0.39, 0.29) is 18.4 Å². The summed E-state index contributed by atoms with van der Waals surface area (Å²) in [6, 6.07) is 5.81. The second kappa shape index (κ2) is 7.19. The van der Waals surface area contributed by atoms with Gasteiger partial charge in [0, 0.05) is 18.8 Å². The lowest BCUT2D eigenvalue weighted by Crippen LogP contribution is -2.49. The Morgan fingerprint density at radius 2 is 2.05 bits per heavy atom. The molecule has 2 amide bonds. The number of rotatable bonds is 4. The second-order valence-corrected chi connectivity index (χ2v) is 5.10. The van der Waals surface area contributed by atoms with Gasteiger partial charge in [-0.2, -0.15) is 0 Å². The average Bonchev–Trinajstić information content (AvgIpc) is 2.49. The fraction of sp³-hybridized carbons (Fsp3) is 0.467. The molecule has 1 heterocycles. The summed E-state index contributed by atoms with van der Waals surface area (Å²) in [6.07, 6.45) is -0.522. The topological polar surface area (TPSA) is 79.5 Å². The minimum atomic E-state index is -0.522. The molecular formula is C15H21N3O3. The zero-order valence-electron chi connectivity index (χ0n) is 12.4. The molecule has 1 aliphatic rings. The molecule has 2 rings (SSSR count). The van der Waals surface area contributed by atoms with Crippen molar-refractivity contribution < 1.29 is 14.3 Å². The number of aryl methyl sites for hydroxylation is 2. The number of hydrogen-bond acceptors (Lipinski definition) is 4. The molecular weight excluding hydrogens is 270 g/mol. The zero-order valence-corrected chi connectivity index (χ0v) is 12.4. The summed E-state index contributed by atoms with van der Waals surface area (Å²) >= 11 is 0. The first-order valence-electron chi connectivity index (χ1n) is 7.04. The quantitative estimate of drug-likeness (QED) is 0.748. The number of nitrogens with one attached hydrogen (secondary N) is 3. The smallest absolute Gasteiger partial charge is 0.250 e. The summed E-state index contributed by atoms with van der Waals surface area (Å²) in [7, 11) is 0. The van der Waals surface area contributed by atoms with Crippen molar-refractivity contribution in [3.8, 4) is 0 Å². The standard InChI is InChI=1S/C15H21N3O3/c1-10-4-3-5-11(2)14(10)18-13(19)9-17-15(20)12-8-16-6-7-21-12/h3-5,12,16H,6-9H2,1-2H3,(H,17,20)(H,18,19). The van der Waals surface area contributed by atoms with Crippen LogP contribution in [0.4, 0.5) is 5.69 Å². The highest BCUT2D eigenvalue weighted by atomic mass is 16.5. The third-order valence-corrected chi connectivity index (χ3v) is 3.39. The Bertz CT molecular complexity index is 505. The first-order chi connectivity index (χ1) is 10.1. The summed E-state index contributed by atoms with van der Waals surface area (Å²) in [5.74, 6) is -0.511. The van der Waals surface area contributed by atoms with Gasteiger partial charge in [0.05, 0.1) is 13.2 Å². The molecule has 1 aromatic carbocycles. The highest BCUT2D eigenvalue weighted by Crippen LogP contribution is 2.18. The number of hydrogen-bond donors (Lipinski definition) is 3. The van der Waals surface area contributed by atoms with E-state index in [0.29, 0.717) is 13.2 Å². The second-order valence-electron chi connectivity index (χ2n) is 5.10. The third kappa shape index (κ3) is 4.27. The van der Waals surface area contributed by atoms with Crippen molar-refractivity contribution in [2.24, 2.45) is 0 Å². The van der Waals surface area contributed by atoms with E-state index in [4.69, 9.17) is 4.74 Å². The van der Waals surface area contributed by atoms with Crippen LogP contribution in [0.1, 0.15) is 11.1 Å². The van der Waals surface area contributed by atoms with Gasteiger partial charge in [-0.3, -0.25) is 9.59 Å². The van der Waals surface area contributed by atoms with Gasteiger partial charge in [-0.25, -0.2) is 0 Å². The van der Waals surface area contributed by atoms with E-state index in [1.165, 1.54) is 0 Å². The number of morpholine rings is 1. The Labute approximate surface area is 124 Å². The first-order valence-corrected chi connectivity index (χ1v) is 7.04. The molecule has 0 spiro atoms. The van der Waals surface area contributed by atoms with Crippen LogP contribution < -0.4 is 16.0 Å². The Morgan fingerprint density at radius 1 is 1.33 bits per heavy atom. The van der Waals surface area contributed by atoms with Crippen LogP contribution in [-0.2, 0) is 14.3 Å². The molecule has 0 aromatic heterocycles. The monoisotopic (exact) mass is 291 g/mol. The molecule has 6 heteroatoms. The maximum Gasteiger partial charge on any atom is 0.250 e. The molecule has 0 saturated carbocycles. The van der Waals surface area contributed by atoms with E-state index in [2.05, 4.69) is 16.0 Å². The molecule has 1 atom stereocenters. The maximum absolute atomic E-state index is 11.9. The lowest BCUT2D eigenvalue weighted by Gasteiger charge is -2.22. The molecule has 1 unspecified atom stereocenters. The fourth-order valence-electron chi connectivity index (χ4n) is 2.21. The summed E-state index contributed by atoms with van der Waals surface area (Å²) in [6.45, 7) is 5.53. The Balaban J connectivity index is 1.83. The summed E-state index contributed by atoms with van der Waals surface area (Å²) < 4.78 is 5.32. The van der Waals surface area contributed by atoms with Gasteiger partial charge in [-0.15, -0.1) is 0 Å². The van der Waals surface area contributed by atoms with Crippen LogP contribution in [0.3, 0.4) is 0 Å². The molecule has 6 nitrogen and oxygen atoms in total. The maximum atomic E-state index is 11.9. The van der Waals surface area contributed by atoms with Gasteiger partial charge in [-0.05, 0) is 25.0 Å². The number of amides is 2.